The fourth-order valence-electron chi connectivity index (χ4n) is 3.82. The van der Waals surface area contributed by atoms with Gasteiger partial charge in [0.1, 0.15) is 0 Å². The molecule has 2 aromatic heterocycles. The van der Waals surface area contributed by atoms with E-state index in [0.29, 0.717) is 6.79 Å². The molecule has 1 fully saturated rings. The molecule has 1 N–H and O–H groups in total. The Morgan fingerprint density at radius 3 is 2.62 bits per heavy atom. The number of para-hydroxylation sites is 1. The average Bonchev–Trinajstić information content (AvgIpc) is 3.17. The van der Waals surface area contributed by atoms with Crippen molar-refractivity contribution >= 4 is 17.2 Å². The van der Waals surface area contributed by atoms with E-state index < -0.39 is 0 Å². The minimum atomic E-state index is -0.108. The fraction of sp³-hybridized carbons (Fsp3) is 0.174. The van der Waals surface area contributed by atoms with Gasteiger partial charge in [-0.2, -0.15) is 0 Å². The molecule has 1 aliphatic carbocycles. The monoisotopic (exact) mass is 401 g/mol. The Kier molecular flexibility index (Phi) is 3.67. The summed E-state index contributed by atoms with van der Waals surface area (Å²) in [6.45, 7) is 0.295. The van der Waals surface area contributed by atoms with Crippen LogP contribution >= 0.6 is 11.3 Å². The van der Waals surface area contributed by atoms with Gasteiger partial charge in [0.2, 0.25) is 6.79 Å². The quantitative estimate of drug-likeness (QED) is 0.484. The van der Waals surface area contributed by atoms with Gasteiger partial charge in [-0.25, -0.2) is 4.68 Å². The highest BCUT2D eigenvalue weighted by Crippen LogP contribution is 2.51. The molecule has 6 rings (SSSR count). The van der Waals surface area contributed by atoms with Crippen molar-refractivity contribution in [3.8, 4) is 27.6 Å². The fourth-order valence-corrected chi connectivity index (χ4v) is 4.56. The molecule has 29 heavy (non-hydrogen) atoms. The van der Waals surface area contributed by atoms with Gasteiger partial charge >= 0.3 is 0 Å². The van der Waals surface area contributed by atoms with E-state index in [1.165, 1.54) is 10.4 Å². The summed E-state index contributed by atoms with van der Waals surface area (Å²) in [5, 5.41) is 10.8. The van der Waals surface area contributed by atoms with Gasteiger partial charge in [0.05, 0.1) is 16.8 Å². The highest BCUT2D eigenvalue weighted by atomic mass is 32.1. The maximum Gasteiger partial charge on any atom is 0.231 e. The number of rotatable bonds is 5. The number of hydrogen-bond donors (Lipinski definition) is 1. The van der Waals surface area contributed by atoms with Crippen LogP contribution in [0, 0.1) is 0 Å². The van der Waals surface area contributed by atoms with Crippen LogP contribution in [0.25, 0.3) is 16.1 Å². The Morgan fingerprint density at radius 2 is 1.83 bits per heavy atom. The molecular weight excluding hydrogens is 382 g/mol. The molecule has 144 valence electrons. The minimum absolute atomic E-state index is 0.108. The summed E-state index contributed by atoms with van der Waals surface area (Å²) in [5.41, 5.74) is 3.28. The Labute approximate surface area is 172 Å². The largest absolute Gasteiger partial charge is 0.454 e. The van der Waals surface area contributed by atoms with Crippen LogP contribution in [0.1, 0.15) is 18.4 Å². The van der Waals surface area contributed by atoms with E-state index >= 15 is 0 Å². The summed E-state index contributed by atoms with van der Waals surface area (Å²) in [4.78, 5) is 1.20. The molecule has 0 unspecified atom stereocenters. The second-order valence-corrected chi connectivity index (χ2v) is 8.37. The molecule has 2 aromatic carbocycles. The number of fused-ring (bicyclic) bond motifs is 1. The molecule has 5 nitrogen and oxygen atoms in total. The zero-order valence-corrected chi connectivity index (χ0v) is 16.5. The summed E-state index contributed by atoms with van der Waals surface area (Å²) < 4.78 is 13.0. The van der Waals surface area contributed by atoms with Crippen molar-refractivity contribution < 1.29 is 9.47 Å². The van der Waals surface area contributed by atoms with Crippen molar-refractivity contribution in [2.24, 2.45) is 0 Å². The number of ether oxygens (including phenoxy) is 2. The van der Waals surface area contributed by atoms with Crippen molar-refractivity contribution in [2.45, 2.75) is 18.4 Å². The van der Waals surface area contributed by atoms with E-state index in [1.54, 1.807) is 11.3 Å². The van der Waals surface area contributed by atoms with Crippen LogP contribution < -0.4 is 14.8 Å². The predicted octanol–water partition coefficient (Wildman–Crippen LogP) is 5.43. The molecule has 4 aromatic rings. The summed E-state index contributed by atoms with van der Waals surface area (Å²) in [6, 6.07) is 20.7. The van der Waals surface area contributed by atoms with Gasteiger partial charge in [-0.1, -0.05) is 30.3 Å². The van der Waals surface area contributed by atoms with E-state index in [9.17, 15) is 0 Å². The van der Waals surface area contributed by atoms with Gasteiger partial charge < -0.3 is 14.8 Å². The third-order valence-electron chi connectivity index (χ3n) is 5.55. The van der Waals surface area contributed by atoms with E-state index in [0.717, 1.165) is 41.4 Å². The van der Waals surface area contributed by atoms with Gasteiger partial charge in [-0.05, 0) is 54.1 Å². The Hall–Kier alpha value is -3.25. The second-order valence-electron chi connectivity index (χ2n) is 7.42. The lowest BCUT2D eigenvalue weighted by Crippen LogP contribution is -2.19. The van der Waals surface area contributed by atoms with Crippen molar-refractivity contribution in [1.29, 1.82) is 0 Å². The molecular formula is C23H19N3O2S. The number of aromatic nitrogens is 2. The van der Waals surface area contributed by atoms with Gasteiger partial charge in [-0.15, -0.1) is 16.4 Å². The summed E-state index contributed by atoms with van der Waals surface area (Å²) in [5.74, 6) is 2.55. The molecule has 0 radical (unpaired) electrons. The minimum Gasteiger partial charge on any atom is -0.454 e. The number of anilines is 1. The first-order chi connectivity index (χ1) is 14.3. The zero-order chi connectivity index (χ0) is 19.3. The van der Waals surface area contributed by atoms with Crippen LogP contribution in [-0.2, 0) is 5.54 Å². The van der Waals surface area contributed by atoms with E-state index in [1.807, 2.05) is 28.9 Å². The molecule has 0 atom stereocenters. The molecule has 0 saturated heterocycles. The van der Waals surface area contributed by atoms with Crippen LogP contribution in [0.2, 0.25) is 0 Å². The SMILES string of the molecule is c1ccc(-n2cc(-c3cccs3)c(NC3(c4ccc5c(c4)OCO5)CC3)n2)cc1. The average molecular weight is 401 g/mol. The van der Waals surface area contributed by atoms with Crippen molar-refractivity contribution in [3.63, 3.8) is 0 Å². The maximum atomic E-state index is 5.59. The van der Waals surface area contributed by atoms with Gasteiger partial charge in [0.15, 0.2) is 17.3 Å². The van der Waals surface area contributed by atoms with Crippen LogP contribution in [-0.4, -0.2) is 16.6 Å². The van der Waals surface area contributed by atoms with Gasteiger partial charge in [0, 0.05) is 11.1 Å². The molecule has 2 aliphatic rings. The standard InChI is InChI=1S/C23H19N3O2S/c1-2-5-17(6-3-1)26-14-18(21-7-4-12-29-21)22(25-26)24-23(10-11-23)16-8-9-19-20(13-16)28-15-27-19/h1-9,12-14H,10-11,15H2,(H,24,25). The summed E-state index contributed by atoms with van der Waals surface area (Å²) in [6.07, 6.45) is 4.24. The lowest BCUT2D eigenvalue weighted by atomic mass is 10.0. The zero-order valence-electron chi connectivity index (χ0n) is 15.7. The molecule has 0 spiro atoms. The maximum absolute atomic E-state index is 5.59. The van der Waals surface area contributed by atoms with Crippen molar-refractivity contribution in [2.75, 3.05) is 12.1 Å². The van der Waals surface area contributed by atoms with Crippen LogP contribution in [0.3, 0.4) is 0 Å². The molecule has 0 bridgehead atoms. The highest BCUT2D eigenvalue weighted by Gasteiger charge is 2.46. The number of thiophene rings is 1. The first-order valence-corrected chi connectivity index (χ1v) is 10.6. The molecule has 3 heterocycles. The molecule has 0 amide bonds. The van der Waals surface area contributed by atoms with Gasteiger partial charge in [-0.3, -0.25) is 0 Å². The lowest BCUT2D eigenvalue weighted by molar-refractivity contribution is 0.174. The van der Waals surface area contributed by atoms with E-state index in [2.05, 4.69) is 53.3 Å². The number of nitrogens with one attached hydrogen (secondary N) is 1. The molecule has 6 heteroatoms. The van der Waals surface area contributed by atoms with Crippen molar-refractivity contribution in [1.82, 2.24) is 9.78 Å². The first-order valence-electron chi connectivity index (χ1n) is 9.68. The van der Waals surface area contributed by atoms with Crippen LogP contribution in [0.4, 0.5) is 5.82 Å². The topological polar surface area (TPSA) is 48.3 Å². The Balaban J connectivity index is 1.40. The lowest BCUT2D eigenvalue weighted by Gasteiger charge is -2.19. The first kappa shape index (κ1) is 16.7. The number of nitrogens with zero attached hydrogens (tertiary/aromatic N) is 2. The van der Waals surface area contributed by atoms with E-state index in [4.69, 9.17) is 14.6 Å². The van der Waals surface area contributed by atoms with Gasteiger partial charge in [0.25, 0.3) is 0 Å². The number of benzene rings is 2. The van der Waals surface area contributed by atoms with E-state index in [-0.39, 0.29) is 5.54 Å². The van der Waals surface area contributed by atoms with Crippen molar-refractivity contribution in [3.05, 3.63) is 77.8 Å². The third-order valence-corrected chi connectivity index (χ3v) is 6.46. The number of hydrogen-bond acceptors (Lipinski definition) is 5. The second kappa shape index (κ2) is 6.39. The Bertz CT molecular complexity index is 1160. The van der Waals surface area contributed by atoms with Crippen LogP contribution in [0.5, 0.6) is 11.5 Å². The normalized spacial score (nSPS) is 16.0. The summed E-state index contributed by atoms with van der Waals surface area (Å²) in [7, 11) is 0. The Morgan fingerprint density at radius 1 is 0.966 bits per heavy atom. The predicted molar refractivity (Wildman–Crippen MR) is 114 cm³/mol. The molecule has 1 aliphatic heterocycles. The highest BCUT2D eigenvalue weighted by molar-refractivity contribution is 7.13. The summed E-state index contributed by atoms with van der Waals surface area (Å²) >= 11 is 1.73. The third kappa shape index (κ3) is 2.87. The molecule has 1 saturated carbocycles. The van der Waals surface area contributed by atoms with Crippen LogP contribution in [0.15, 0.2) is 72.2 Å². The smallest absolute Gasteiger partial charge is 0.231 e.